The predicted molar refractivity (Wildman–Crippen MR) is 59.1 cm³/mol. The highest BCUT2D eigenvalue weighted by atomic mass is 35.5. The van der Waals surface area contributed by atoms with Crippen LogP contribution in [0.25, 0.3) is 0 Å². The zero-order valence-electron chi connectivity index (χ0n) is 8.81. The number of imide groups is 1. The van der Waals surface area contributed by atoms with Crippen molar-refractivity contribution in [2.75, 3.05) is 6.54 Å². The lowest BCUT2D eigenvalue weighted by Gasteiger charge is -2.14. The van der Waals surface area contributed by atoms with Crippen molar-refractivity contribution in [3.05, 3.63) is 29.0 Å². The highest BCUT2D eigenvalue weighted by Crippen LogP contribution is 2.22. The molecular weight excluding hydrogens is 228 g/mol. The molecule has 1 aromatic heterocycles. The lowest BCUT2D eigenvalue weighted by Crippen LogP contribution is -2.32. The van der Waals surface area contributed by atoms with Crippen LogP contribution in [0.1, 0.15) is 23.7 Å². The maximum atomic E-state index is 12.0. The van der Waals surface area contributed by atoms with E-state index in [9.17, 15) is 9.59 Å². The van der Waals surface area contributed by atoms with Crippen molar-refractivity contribution < 1.29 is 9.59 Å². The van der Waals surface area contributed by atoms with E-state index < -0.39 is 0 Å². The minimum absolute atomic E-state index is 0.134. The van der Waals surface area contributed by atoms with Crippen molar-refractivity contribution in [1.82, 2.24) is 9.88 Å². The van der Waals surface area contributed by atoms with Crippen LogP contribution in [0.2, 0.25) is 5.02 Å². The van der Waals surface area contributed by atoms with E-state index in [1.165, 1.54) is 23.4 Å². The summed E-state index contributed by atoms with van der Waals surface area (Å²) in [6.07, 6.45) is 3.32. The topological polar surface area (TPSA) is 50.3 Å². The number of rotatable bonds is 1. The van der Waals surface area contributed by atoms with Gasteiger partial charge in [0, 0.05) is 25.4 Å². The Morgan fingerprint density at radius 3 is 2.94 bits per heavy atom. The van der Waals surface area contributed by atoms with Crippen molar-refractivity contribution in [2.24, 2.45) is 5.92 Å². The van der Waals surface area contributed by atoms with Crippen molar-refractivity contribution in [1.29, 1.82) is 0 Å². The van der Waals surface area contributed by atoms with Gasteiger partial charge in [-0.15, -0.1) is 0 Å². The van der Waals surface area contributed by atoms with Crippen molar-refractivity contribution in [2.45, 2.75) is 13.3 Å². The molecule has 1 aliphatic rings. The fraction of sp³-hybridized carbons (Fsp3) is 0.364. The zero-order valence-corrected chi connectivity index (χ0v) is 9.57. The van der Waals surface area contributed by atoms with Gasteiger partial charge in [-0.2, -0.15) is 0 Å². The normalized spacial score (nSPS) is 20.2. The van der Waals surface area contributed by atoms with Gasteiger partial charge >= 0.3 is 0 Å². The van der Waals surface area contributed by atoms with Crippen molar-refractivity contribution >= 4 is 23.4 Å². The summed E-state index contributed by atoms with van der Waals surface area (Å²) in [4.78, 5) is 28.6. The van der Waals surface area contributed by atoms with Crippen LogP contribution in [-0.4, -0.2) is 28.2 Å². The third kappa shape index (κ3) is 1.93. The van der Waals surface area contributed by atoms with Crippen LogP contribution in [0.3, 0.4) is 0 Å². The van der Waals surface area contributed by atoms with Gasteiger partial charge < -0.3 is 0 Å². The molecule has 0 bridgehead atoms. The van der Waals surface area contributed by atoms with Gasteiger partial charge in [0.1, 0.15) is 0 Å². The molecule has 84 valence electrons. The second-order valence-electron chi connectivity index (χ2n) is 3.97. The molecule has 1 aliphatic heterocycles. The highest BCUT2D eigenvalue weighted by Gasteiger charge is 2.32. The molecule has 0 N–H and O–H groups in total. The molecule has 0 radical (unpaired) electrons. The second-order valence-corrected chi connectivity index (χ2v) is 4.38. The number of pyridine rings is 1. The van der Waals surface area contributed by atoms with E-state index in [1.807, 2.05) is 6.92 Å². The number of carbonyl (C=O) groups is 2. The van der Waals surface area contributed by atoms with Gasteiger partial charge in [-0.1, -0.05) is 18.5 Å². The Bertz CT molecular complexity index is 447. The van der Waals surface area contributed by atoms with E-state index in [-0.39, 0.29) is 22.8 Å². The number of likely N-dealkylation sites (tertiary alicyclic amines) is 1. The number of halogens is 1. The van der Waals surface area contributed by atoms with Crippen LogP contribution in [-0.2, 0) is 4.79 Å². The molecule has 2 heterocycles. The van der Waals surface area contributed by atoms with E-state index in [0.717, 1.165) is 0 Å². The lowest BCUT2D eigenvalue weighted by molar-refractivity contribution is -0.125. The van der Waals surface area contributed by atoms with Crippen LogP contribution >= 0.6 is 11.6 Å². The monoisotopic (exact) mass is 238 g/mol. The molecular formula is C11H11ClN2O2. The molecule has 0 spiro atoms. The molecule has 1 atom stereocenters. The van der Waals surface area contributed by atoms with Gasteiger partial charge in [-0.05, 0) is 12.0 Å². The first-order valence-corrected chi connectivity index (χ1v) is 5.41. The Morgan fingerprint density at radius 2 is 2.38 bits per heavy atom. The number of aromatic nitrogens is 1. The Kier molecular flexibility index (Phi) is 2.92. The van der Waals surface area contributed by atoms with Crippen LogP contribution in [0.4, 0.5) is 0 Å². The fourth-order valence-electron chi connectivity index (χ4n) is 1.78. The molecule has 4 nitrogen and oxygen atoms in total. The van der Waals surface area contributed by atoms with Crippen molar-refractivity contribution in [3.63, 3.8) is 0 Å². The first-order valence-electron chi connectivity index (χ1n) is 5.04. The molecule has 1 fully saturated rings. The maximum absolute atomic E-state index is 12.0. The summed E-state index contributed by atoms with van der Waals surface area (Å²) in [6, 6.07) is 1.53. The van der Waals surface area contributed by atoms with Gasteiger partial charge in [0.05, 0.1) is 10.6 Å². The van der Waals surface area contributed by atoms with E-state index in [2.05, 4.69) is 4.98 Å². The Balaban J connectivity index is 2.27. The van der Waals surface area contributed by atoms with Crippen LogP contribution in [0.5, 0.6) is 0 Å². The molecule has 1 aromatic rings. The summed E-state index contributed by atoms with van der Waals surface area (Å²) in [5.74, 6) is -0.246. The first-order chi connectivity index (χ1) is 7.59. The standard InChI is InChI=1S/C11H11ClN2O2/c1-7-4-10(15)14(6-7)11(16)8-2-3-13-5-9(8)12/h2-3,5,7H,4,6H2,1H3. The summed E-state index contributed by atoms with van der Waals surface area (Å²) < 4.78 is 0. The van der Waals surface area contributed by atoms with Crippen molar-refractivity contribution in [3.8, 4) is 0 Å². The minimum Gasteiger partial charge on any atom is -0.278 e. The molecule has 0 aliphatic carbocycles. The van der Waals surface area contributed by atoms with Gasteiger partial charge in [0.15, 0.2) is 0 Å². The highest BCUT2D eigenvalue weighted by molar-refractivity contribution is 6.34. The smallest absolute Gasteiger partial charge is 0.262 e. The third-order valence-electron chi connectivity index (χ3n) is 2.57. The molecule has 5 heteroatoms. The summed E-state index contributed by atoms with van der Waals surface area (Å²) in [5.41, 5.74) is 0.333. The average molecular weight is 239 g/mol. The van der Waals surface area contributed by atoms with Crippen LogP contribution in [0, 0.1) is 5.92 Å². The van der Waals surface area contributed by atoms with E-state index in [1.54, 1.807) is 0 Å². The molecule has 2 rings (SSSR count). The van der Waals surface area contributed by atoms with E-state index in [0.29, 0.717) is 18.5 Å². The largest absolute Gasteiger partial charge is 0.278 e. The second kappa shape index (κ2) is 4.22. The molecule has 1 unspecified atom stereocenters. The molecule has 1 saturated heterocycles. The van der Waals surface area contributed by atoms with Gasteiger partial charge in [0.25, 0.3) is 5.91 Å². The lowest BCUT2D eigenvalue weighted by atomic mass is 10.2. The quantitative estimate of drug-likeness (QED) is 0.701. The molecule has 0 saturated carbocycles. The van der Waals surface area contributed by atoms with Crippen LogP contribution in [0.15, 0.2) is 18.5 Å². The SMILES string of the molecule is CC1CC(=O)N(C(=O)c2ccncc2Cl)C1. The number of hydrogen-bond donors (Lipinski definition) is 0. The summed E-state index contributed by atoms with van der Waals surface area (Å²) in [5, 5.41) is 0.278. The number of carbonyl (C=O) groups excluding carboxylic acids is 2. The van der Waals surface area contributed by atoms with Crippen LogP contribution < -0.4 is 0 Å². The Morgan fingerprint density at radius 1 is 1.62 bits per heavy atom. The van der Waals surface area contributed by atoms with E-state index in [4.69, 9.17) is 11.6 Å². The first kappa shape index (κ1) is 11.1. The number of hydrogen-bond acceptors (Lipinski definition) is 3. The van der Waals surface area contributed by atoms with E-state index >= 15 is 0 Å². The Labute approximate surface area is 98.2 Å². The maximum Gasteiger partial charge on any atom is 0.262 e. The number of amides is 2. The Hall–Kier alpha value is -1.42. The molecule has 2 amide bonds. The summed E-state index contributed by atoms with van der Waals surface area (Å²) in [7, 11) is 0. The third-order valence-corrected chi connectivity index (χ3v) is 2.87. The van der Waals surface area contributed by atoms with Gasteiger partial charge in [0.2, 0.25) is 5.91 Å². The predicted octanol–water partition coefficient (Wildman–Crippen LogP) is 1.74. The number of nitrogens with zero attached hydrogens (tertiary/aromatic N) is 2. The molecule has 0 aromatic carbocycles. The summed E-state index contributed by atoms with van der Waals surface area (Å²) >= 11 is 5.86. The average Bonchev–Trinajstić information content (AvgIpc) is 2.58. The zero-order chi connectivity index (χ0) is 11.7. The fourth-order valence-corrected chi connectivity index (χ4v) is 1.98. The summed E-state index contributed by atoms with van der Waals surface area (Å²) in [6.45, 7) is 2.41. The van der Waals surface area contributed by atoms with Gasteiger partial charge in [-0.25, -0.2) is 0 Å². The molecule has 16 heavy (non-hydrogen) atoms. The minimum atomic E-state index is -0.332. The van der Waals surface area contributed by atoms with Gasteiger partial charge in [-0.3, -0.25) is 19.5 Å².